The predicted molar refractivity (Wildman–Crippen MR) is 79.5 cm³/mol. The Morgan fingerprint density at radius 2 is 2.29 bits per heavy atom. The van der Waals surface area contributed by atoms with Gasteiger partial charge in [-0.25, -0.2) is 4.98 Å². The Morgan fingerprint density at radius 1 is 1.43 bits per heavy atom. The number of nitrogens with two attached hydrogens (primary N) is 1. The van der Waals surface area contributed by atoms with Crippen molar-refractivity contribution in [1.29, 1.82) is 0 Å². The second kappa shape index (κ2) is 7.22. The molecule has 3 N–H and O–H groups in total. The van der Waals surface area contributed by atoms with E-state index in [1.807, 2.05) is 13.1 Å². The van der Waals surface area contributed by atoms with E-state index in [2.05, 4.69) is 27.2 Å². The highest BCUT2D eigenvalue weighted by Gasteiger charge is 2.06. The van der Waals surface area contributed by atoms with Gasteiger partial charge in [0, 0.05) is 24.5 Å². The van der Waals surface area contributed by atoms with E-state index in [9.17, 15) is 4.79 Å². The summed E-state index contributed by atoms with van der Waals surface area (Å²) >= 11 is 0. The first kappa shape index (κ1) is 14.8. The van der Waals surface area contributed by atoms with Crippen LogP contribution in [0.1, 0.15) is 21.6 Å². The molecule has 0 aliphatic heterocycles. The number of carbonyl (C=O) groups is 1. The molecule has 0 bridgehead atoms. The number of aryl methyl sites for hydroxylation is 1. The van der Waals surface area contributed by atoms with Crippen LogP contribution in [0.4, 0.5) is 0 Å². The Hall–Kier alpha value is -2.65. The van der Waals surface area contributed by atoms with Gasteiger partial charge < -0.3 is 11.1 Å². The molecule has 6 nitrogen and oxygen atoms in total. The number of rotatable bonds is 4. The minimum absolute atomic E-state index is 0.211. The summed E-state index contributed by atoms with van der Waals surface area (Å²) in [5.74, 6) is 5.38. The summed E-state index contributed by atoms with van der Waals surface area (Å²) in [6, 6.07) is 3.40. The van der Waals surface area contributed by atoms with Gasteiger partial charge >= 0.3 is 0 Å². The van der Waals surface area contributed by atoms with E-state index >= 15 is 0 Å². The van der Waals surface area contributed by atoms with Gasteiger partial charge in [-0.15, -0.1) is 0 Å². The fourth-order valence-corrected chi connectivity index (χ4v) is 1.72. The normalized spacial score (nSPS) is 9.81. The Morgan fingerprint density at radius 3 is 2.90 bits per heavy atom. The third-order valence-electron chi connectivity index (χ3n) is 2.72. The molecule has 108 valence electrons. The topological polar surface area (TPSA) is 85.8 Å². The summed E-state index contributed by atoms with van der Waals surface area (Å²) < 4.78 is 1.79. The van der Waals surface area contributed by atoms with Crippen LogP contribution in [-0.4, -0.2) is 33.8 Å². The number of hydrogen-bond acceptors (Lipinski definition) is 4. The summed E-state index contributed by atoms with van der Waals surface area (Å²) in [5.41, 5.74) is 7.49. The number of hydrogen-bond donors (Lipinski definition) is 2. The van der Waals surface area contributed by atoms with Crippen molar-refractivity contribution in [2.24, 2.45) is 5.73 Å². The molecule has 2 aromatic heterocycles. The van der Waals surface area contributed by atoms with Crippen molar-refractivity contribution in [3.8, 4) is 11.8 Å². The van der Waals surface area contributed by atoms with Crippen molar-refractivity contribution in [3.05, 3.63) is 47.5 Å². The van der Waals surface area contributed by atoms with Crippen molar-refractivity contribution in [2.75, 3.05) is 13.1 Å². The second-order valence-corrected chi connectivity index (χ2v) is 4.47. The Balaban J connectivity index is 1.85. The molecule has 0 fully saturated rings. The quantitative estimate of drug-likeness (QED) is 0.792. The van der Waals surface area contributed by atoms with Crippen molar-refractivity contribution >= 4 is 5.91 Å². The van der Waals surface area contributed by atoms with Gasteiger partial charge in [0.15, 0.2) is 0 Å². The number of pyridine rings is 1. The van der Waals surface area contributed by atoms with Crippen LogP contribution < -0.4 is 11.1 Å². The van der Waals surface area contributed by atoms with E-state index in [4.69, 9.17) is 5.73 Å². The zero-order valence-corrected chi connectivity index (χ0v) is 11.8. The van der Waals surface area contributed by atoms with Gasteiger partial charge in [0.1, 0.15) is 5.69 Å². The molecule has 0 unspecified atom stereocenters. The zero-order valence-electron chi connectivity index (χ0n) is 11.8. The summed E-state index contributed by atoms with van der Waals surface area (Å²) in [4.78, 5) is 16.0. The molecule has 0 aliphatic rings. The van der Waals surface area contributed by atoms with Crippen LogP contribution in [0.2, 0.25) is 0 Å². The monoisotopic (exact) mass is 283 g/mol. The van der Waals surface area contributed by atoms with Crippen molar-refractivity contribution in [1.82, 2.24) is 20.1 Å². The minimum atomic E-state index is -0.211. The van der Waals surface area contributed by atoms with Gasteiger partial charge in [-0.3, -0.25) is 9.48 Å². The molecule has 0 aliphatic carbocycles. The molecule has 2 heterocycles. The minimum Gasteiger partial charge on any atom is -0.349 e. The Bertz CT molecular complexity index is 663. The SMILES string of the molecule is Cc1cnn(CCNC(=O)c2ccc(C#CCN)cn2)c1. The van der Waals surface area contributed by atoms with Gasteiger partial charge in [0.2, 0.25) is 0 Å². The third kappa shape index (κ3) is 4.44. The van der Waals surface area contributed by atoms with Crippen LogP contribution in [0.5, 0.6) is 0 Å². The van der Waals surface area contributed by atoms with E-state index in [-0.39, 0.29) is 5.91 Å². The largest absolute Gasteiger partial charge is 0.349 e. The molecule has 1 amide bonds. The van der Waals surface area contributed by atoms with Crippen LogP contribution in [-0.2, 0) is 6.54 Å². The van der Waals surface area contributed by atoms with Gasteiger partial charge in [-0.2, -0.15) is 5.10 Å². The predicted octanol–water partition coefficient (Wildman–Crippen LogP) is 0.327. The molecule has 0 atom stereocenters. The van der Waals surface area contributed by atoms with Crippen LogP contribution in [0, 0.1) is 18.8 Å². The molecule has 0 spiro atoms. The smallest absolute Gasteiger partial charge is 0.269 e. The first-order valence-electron chi connectivity index (χ1n) is 6.61. The summed E-state index contributed by atoms with van der Waals surface area (Å²) in [7, 11) is 0. The number of nitrogens with one attached hydrogen (secondary N) is 1. The number of amides is 1. The van der Waals surface area contributed by atoms with E-state index in [0.29, 0.717) is 25.3 Å². The lowest BCUT2D eigenvalue weighted by molar-refractivity contribution is 0.0947. The molecule has 0 radical (unpaired) electrons. The van der Waals surface area contributed by atoms with Gasteiger partial charge in [0.05, 0.1) is 19.3 Å². The standard InChI is InChI=1S/C15H17N5O/c1-12-9-19-20(11-12)8-7-17-15(21)14-5-4-13(10-18-14)3-2-6-16/h4-5,9-11H,6-8,16H2,1H3,(H,17,21). The fourth-order valence-electron chi connectivity index (χ4n) is 1.72. The highest BCUT2D eigenvalue weighted by molar-refractivity contribution is 5.92. The zero-order chi connectivity index (χ0) is 15.1. The van der Waals surface area contributed by atoms with Crippen molar-refractivity contribution in [2.45, 2.75) is 13.5 Å². The molecule has 0 saturated carbocycles. The maximum absolute atomic E-state index is 11.9. The molecule has 2 rings (SSSR count). The van der Waals surface area contributed by atoms with E-state index in [1.54, 1.807) is 29.2 Å². The lowest BCUT2D eigenvalue weighted by Gasteiger charge is -2.05. The summed E-state index contributed by atoms with van der Waals surface area (Å²) in [6.45, 7) is 3.40. The van der Waals surface area contributed by atoms with Crippen LogP contribution in [0.25, 0.3) is 0 Å². The maximum Gasteiger partial charge on any atom is 0.269 e. The maximum atomic E-state index is 11.9. The van der Waals surface area contributed by atoms with Gasteiger partial charge in [0.25, 0.3) is 5.91 Å². The van der Waals surface area contributed by atoms with Crippen LogP contribution in [0.15, 0.2) is 30.7 Å². The first-order valence-corrected chi connectivity index (χ1v) is 6.61. The fraction of sp³-hybridized carbons (Fsp3) is 0.267. The average Bonchev–Trinajstić information content (AvgIpc) is 2.91. The van der Waals surface area contributed by atoms with Gasteiger partial charge in [-0.05, 0) is 24.6 Å². The molecular weight excluding hydrogens is 266 g/mol. The molecule has 0 aromatic carbocycles. The van der Waals surface area contributed by atoms with Crippen molar-refractivity contribution in [3.63, 3.8) is 0 Å². The molecular formula is C15H17N5O. The van der Waals surface area contributed by atoms with Crippen LogP contribution >= 0.6 is 0 Å². The van der Waals surface area contributed by atoms with Gasteiger partial charge in [-0.1, -0.05) is 11.8 Å². The summed E-state index contributed by atoms with van der Waals surface area (Å²) in [5, 5.41) is 6.95. The molecule has 6 heteroatoms. The molecule has 0 saturated heterocycles. The first-order chi connectivity index (χ1) is 10.2. The average molecular weight is 283 g/mol. The lowest BCUT2D eigenvalue weighted by atomic mass is 10.2. The van der Waals surface area contributed by atoms with E-state index in [0.717, 1.165) is 11.1 Å². The number of nitrogens with zero attached hydrogens (tertiary/aromatic N) is 3. The Kier molecular flexibility index (Phi) is 5.07. The summed E-state index contributed by atoms with van der Waals surface area (Å²) in [6.07, 6.45) is 5.27. The number of aromatic nitrogens is 3. The second-order valence-electron chi connectivity index (χ2n) is 4.47. The highest BCUT2D eigenvalue weighted by atomic mass is 16.1. The van der Waals surface area contributed by atoms with Crippen molar-refractivity contribution < 1.29 is 4.79 Å². The number of carbonyl (C=O) groups excluding carboxylic acids is 1. The highest BCUT2D eigenvalue weighted by Crippen LogP contribution is 1.99. The van der Waals surface area contributed by atoms with E-state index in [1.165, 1.54) is 0 Å². The molecule has 2 aromatic rings. The van der Waals surface area contributed by atoms with Crippen LogP contribution in [0.3, 0.4) is 0 Å². The molecule has 21 heavy (non-hydrogen) atoms. The lowest BCUT2D eigenvalue weighted by Crippen LogP contribution is -2.28. The Labute approximate surface area is 123 Å². The van der Waals surface area contributed by atoms with E-state index < -0.39 is 0 Å². The third-order valence-corrected chi connectivity index (χ3v) is 2.72.